The molecule has 6 aliphatic rings. The quantitative estimate of drug-likeness (QED) is 0.227. The normalized spacial score (nSPS) is 43.2. The van der Waals surface area contributed by atoms with E-state index >= 15 is 0 Å². The van der Waals surface area contributed by atoms with Gasteiger partial charge in [-0.05, 0) is 50.7 Å². The molecule has 1 unspecified atom stereocenters. The number of aliphatic hydroxyl groups is 2. The van der Waals surface area contributed by atoms with Crippen molar-refractivity contribution in [2.24, 2.45) is 34.0 Å². The first-order valence-electron chi connectivity index (χ1n) is 14.7. The predicted molar refractivity (Wildman–Crippen MR) is 146 cm³/mol. The van der Waals surface area contributed by atoms with E-state index in [9.17, 15) is 24.6 Å². The molecule has 1 aromatic heterocycles. The van der Waals surface area contributed by atoms with Crippen LogP contribution in [0, 0.1) is 34.0 Å². The Kier molecular flexibility index (Phi) is 6.61. The lowest BCUT2D eigenvalue weighted by Gasteiger charge is -2.74. The fourth-order valence-electron chi connectivity index (χ4n) is 9.47. The molecule has 4 bridgehead atoms. The van der Waals surface area contributed by atoms with Crippen molar-refractivity contribution >= 4 is 17.9 Å². The highest BCUT2D eigenvalue weighted by atomic mass is 16.6. The van der Waals surface area contributed by atoms with Gasteiger partial charge in [0.15, 0.2) is 11.9 Å². The maximum Gasteiger partial charge on any atom is 0.335 e. The number of rotatable bonds is 5. The van der Waals surface area contributed by atoms with Crippen LogP contribution in [0.25, 0.3) is 0 Å². The summed E-state index contributed by atoms with van der Waals surface area (Å²) in [5.41, 5.74) is 0.343. The molecule has 3 aliphatic carbocycles. The SMILES string of the molecule is C/C=C(\C)C(=O)O[C@@H]1[C@@H]2CC3=C4CC(=O)O[C@@H](c5ccoc5)[C@]4(C)CC[C@@H]3[C@]3(C)[C@@H](C(O)C(=O)OC)[C@]1(C)CO[C@]23O. The molecule has 2 saturated carbocycles. The Bertz CT molecular complexity index is 1380. The van der Waals surface area contributed by atoms with Gasteiger partial charge in [-0.1, -0.05) is 32.4 Å². The summed E-state index contributed by atoms with van der Waals surface area (Å²) in [7, 11) is 1.21. The van der Waals surface area contributed by atoms with Crippen molar-refractivity contribution < 1.29 is 48.0 Å². The number of cyclic esters (lactones) is 1. The standard InChI is InChI=1S/C32H40O10/c1-7-16(2)27(35)42-26-21-12-18-19(8-10-29(3)20(18)13-22(33)41-25(29)17-9-11-39-14-17)31(5)24(23(34)28(36)38-6)30(26,4)15-40-32(21,31)37/h7,9,11,14,19,21,23-26,34,37H,8,10,12-13,15H2,1-6H3/b16-7+/t19-,21-,23?,24-,25-,26+,29+,30-,31+,32+/m0/s1. The molecule has 3 aliphatic heterocycles. The zero-order chi connectivity index (χ0) is 30.4. The highest BCUT2D eigenvalue weighted by Gasteiger charge is 2.80. The maximum atomic E-state index is 13.2. The molecule has 0 radical (unpaired) electrons. The first-order chi connectivity index (χ1) is 19.8. The molecular weight excluding hydrogens is 544 g/mol. The van der Waals surface area contributed by atoms with Crippen molar-refractivity contribution in [2.75, 3.05) is 13.7 Å². The first-order valence-corrected chi connectivity index (χ1v) is 14.7. The van der Waals surface area contributed by atoms with Crippen LogP contribution in [0.15, 0.2) is 45.8 Å². The van der Waals surface area contributed by atoms with Crippen LogP contribution in [0.3, 0.4) is 0 Å². The molecule has 10 heteroatoms. The van der Waals surface area contributed by atoms with Gasteiger partial charge in [0.05, 0.1) is 38.6 Å². The van der Waals surface area contributed by atoms with E-state index in [0.29, 0.717) is 24.8 Å². The summed E-state index contributed by atoms with van der Waals surface area (Å²) < 4.78 is 28.7. The third-order valence-electron chi connectivity index (χ3n) is 11.6. The summed E-state index contributed by atoms with van der Waals surface area (Å²) in [4.78, 5) is 39.3. The van der Waals surface area contributed by atoms with E-state index in [4.69, 9.17) is 23.4 Å². The van der Waals surface area contributed by atoms with Crippen LogP contribution in [0.5, 0.6) is 0 Å². The number of hydrogen-bond donors (Lipinski definition) is 2. The molecule has 4 heterocycles. The summed E-state index contributed by atoms with van der Waals surface area (Å²) in [6.07, 6.45) is 3.39. The average molecular weight is 585 g/mol. The van der Waals surface area contributed by atoms with Gasteiger partial charge in [0.25, 0.3) is 0 Å². The molecule has 1 aromatic rings. The van der Waals surface area contributed by atoms with Gasteiger partial charge in [-0.15, -0.1) is 0 Å². The lowest BCUT2D eigenvalue weighted by atomic mass is 9.37. The predicted octanol–water partition coefficient (Wildman–Crippen LogP) is 3.77. The van der Waals surface area contributed by atoms with Crippen molar-refractivity contribution in [2.45, 2.75) is 84.4 Å². The third-order valence-corrected chi connectivity index (χ3v) is 11.6. The highest BCUT2D eigenvalue weighted by molar-refractivity contribution is 5.88. The summed E-state index contributed by atoms with van der Waals surface area (Å²) in [6.45, 7) is 9.18. The summed E-state index contributed by atoms with van der Waals surface area (Å²) in [5.74, 6) is -5.46. The second kappa shape index (κ2) is 9.53. The van der Waals surface area contributed by atoms with Gasteiger partial charge in [0, 0.05) is 33.3 Å². The van der Waals surface area contributed by atoms with E-state index in [2.05, 4.69) is 6.92 Å². The van der Waals surface area contributed by atoms with Crippen molar-refractivity contribution in [1.29, 1.82) is 0 Å². The van der Waals surface area contributed by atoms with Gasteiger partial charge in [0.2, 0.25) is 0 Å². The molecule has 10 nitrogen and oxygen atoms in total. The van der Waals surface area contributed by atoms with E-state index in [1.54, 1.807) is 38.5 Å². The number of carbonyl (C=O) groups is 3. The molecular formula is C32H40O10. The van der Waals surface area contributed by atoms with Crippen LogP contribution in [0.2, 0.25) is 0 Å². The highest BCUT2D eigenvalue weighted by Crippen LogP contribution is 2.74. The van der Waals surface area contributed by atoms with Crippen molar-refractivity contribution in [3.8, 4) is 0 Å². The number of methoxy groups -OCH3 is 1. The summed E-state index contributed by atoms with van der Waals surface area (Å²) in [6, 6.07) is 1.80. The molecule has 0 amide bonds. The van der Waals surface area contributed by atoms with Crippen LogP contribution in [0.4, 0.5) is 0 Å². The number of hydrogen-bond acceptors (Lipinski definition) is 10. The smallest absolute Gasteiger partial charge is 0.335 e. The minimum absolute atomic E-state index is 0.0215. The largest absolute Gasteiger partial charge is 0.472 e. The van der Waals surface area contributed by atoms with E-state index in [-0.39, 0.29) is 24.9 Å². The van der Waals surface area contributed by atoms with Gasteiger partial charge in [-0.25, -0.2) is 9.59 Å². The zero-order valence-corrected chi connectivity index (χ0v) is 25.0. The second-order valence-electron chi connectivity index (χ2n) is 13.4. The average Bonchev–Trinajstić information content (AvgIpc) is 3.49. The zero-order valence-electron chi connectivity index (χ0n) is 25.0. The van der Waals surface area contributed by atoms with Gasteiger partial charge < -0.3 is 33.6 Å². The Morgan fingerprint density at radius 2 is 1.98 bits per heavy atom. The van der Waals surface area contributed by atoms with Crippen molar-refractivity contribution in [3.05, 3.63) is 47.0 Å². The van der Waals surface area contributed by atoms with Crippen LogP contribution in [-0.4, -0.2) is 59.8 Å². The van der Waals surface area contributed by atoms with Crippen LogP contribution >= 0.6 is 0 Å². The summed E-state index contributed by atoms with van der Waals surface area (Å²) in [5, 5.41) is 24.2. The number of ether oxygens (including phenoxy) is 4. The van der Waals surface area contributed by atoms with E-state index in [1.165, 1.54) is 7.11 Å². The van der Waals surface area contributed by atoms with Crippen LogP contribution in [-0.2, 0) is 33.3 Å². The Labute approximate surface area is 245 Å². The molecule has 10 atom stereocenters. The Hall–Kier alpha value is -2.95. The minimum Gasteiger partial charge on any atom is -0.472 e. The lowest BCUT2D eigenvalue weighted by molar-refractivity contribution is -0.444. The van der Waals surface area contributed by atoms with Crippen LogP contribution < -0.4 is 0 Å². The molecule has 0 spiro atoms. The van der Waals surface area contributed by atoms with E-state index < -0.39 is 64.1 Å². The molecule has 228 valence electrons. The summed E-state index contributed by atoms with van der Waals surface area (Å²) >= 11 is 0. The number of carbonyl (C=O) groups excluding carboxylic acids is 3. The number of allylic oxidation sites excluding steroid dienone is 2. The monoisotopic (exact) mass is 584 g/mol. The number of furan rings is 1. The Balaban J connectivity index is 1.56. The number of esters is 3. The van der Waals surface area contributed by atoms with Gasteiger partial charge in [-0.3, -0.25) is 4.79 Å². The van der Waals surface area contributed by atoms with Crippen molar-refractivity contribution in [1.82, 2.24) is 0 Å². The molecule has 2 N–H and O–H groups in total. The van der Waals surface area contributed by atoms with E-state index in [1.807, 2.05) is 13.8 Å². The Morgan fingerprint density at radius 1 is 1.24 bits per heavy atom. The van der Waals surface area contributed by atoms with Crippen LogP contribution in [0.1, 0.15) is 72.0 Å². The van der Waals surface area contributed by atoms with Crippen molar-refractivity contribution in [3.63, 3.8) is 0 Å². The third kappa shape index (κ3) is 3.58. The fourth-order valence-corrected chi connectivity index (χ4v) is 9.47. The molecule has 7 rings (SSSR count). The molecule has 0 aromatic carbocycles. The van der Waals surface area contributed by atoms with Gasteiger partial charge in [0.1, 0.15) is 12.2 Å². The fraction of sp³-hybridized carbons (Fsp3) is 0.656. The molecule has 42 heavy (non-hydrogen) atoms. The van der Waals surface area contributed by atoms with E-state index in [0.717, 1.165) is 16.7 Å². The molecule has 5 fully saturated rings. The second-order valence-corrected chi connectivity index (χ2v) is 13.4. The lowest BCUT2D eigenvalue weighted by Crippen LogP contribution is -2.82. The number of fused-ring (bicyclic) bond motifs is 3. The number of aliphatic hydroxyl groups excluding tert-OH is 1. The van der Waals surface area contributed by atoms with Gasteiger partial charge >= 0.3 is 17.9 Å². The topological polar surface area (TPSA) is 142 Å². The van der Waals surface area contributed by atoms with Gasteiger partial charge in [-0.2, -0.15) is 0 Å². The Morgan fingerprint density at radius 3 is 2.62 bits per heavy atom. The minimum atomic E-state index is -1.82. The first kappa shape index (κ1) is 29.1. The molecule has 3 saturated heterocycles. The maximum absolute atomic E-state index is 13.2.